The van der Waals surface area contributed by atoms with E-state index in [0.717, 1.165) is 10.1 Å². The Kier molecular flexibility index (Phi) is 5.81. The van der Waals surface area contributed by atoms with Gasteiger partial charge in [0.25, 0.3) is 5.56 Å². The van der Waals surface area contributed by atoms with Gasteiger partial charge in [0.15, 0.2) is 11.2 Å². The molecule has 0 amide bonds. The molecule has 0 bridgehead atoms. The van der Waals surface area contributed by atoms with Crippen molar-refractivity contribution in [1.29, 1.82) is 0 Å². The highest BCUT2D eigenvalue weighted by molar-refractivity contribution is 5.71. The summed E-state index contributed by atoms with van der Waals surface area (Å²) in [4.78, 5) is 29.7. The Hall–Kier alpha value is -2.71. The Labute approximate surface area is 163 Å². The van der Waals surface area contributed by atoms with E-state index in [1.807, 2.05) is 44.2 Å². The standard InChI is InChI=1S/C20H27N5O3/c1-13(2)21-11-15(26)12-25-16(10-14-8-6-5-7-9-14)22-18-17(25)19(27)24(4)20(28)23(18)3/h5-9,13,15,21,26H,10-12H2,1-4H3/t15-/m1/s1. The molecule has 0 fully saturated rings. The molecule has 8 heteroatoms. The summed E-state index contributed by atoms with van der Waals surface area (Å²) in [5.41, 5.74) is 0.877. The van der Waals surface area contributed by atoms with Crippen molar-refractivity contribution in [1.82, 2.24) is 24.0 Å². The van der Waals surface area contributed by atoms with E-state index < -0.39 is 17.4 Å². The zero-order chi connectivity index (χ0) is 20.4. The van der Waals surface area contributed by atoms with Crippen molar-refractivity contribution in [3.05, 3.63) is 62.6 Å². The second kappa shape index (κ2) is 8.12. The lowest BCUT2D eigenvalue weighted by Gasteiger charge is -2.17. The van der Waals surface area contributed by atoms with Gasteiger partial charge in [-0.1, -0.05) is 44.2 Å². The molecule has 0 aliphatic carbocycles. The number of aromatic nitrogens is 4. The number of rotatable bonds is 7. The van der Waals surface area contributed by atoms with Crippen LogP contribution in [0.15, 0.2) is 39.9 Å². The van der Waals surface area contributed by atoms with Crippen LogP contribution in [0.2, 0.25) is 0 Å². The predicted molar refractivity (Wildman–Crippen MR) is 109 cm³/mol. The Bertz CT molecular complexity index is 1080. The summed E-state index contributed by atoms with van der Waals surface area (Å²) in [6.45, 7) is 4.62. The first kappa shape index (κ1) is 20.0. The van der Waals surface area contributed by atoms with Crippen LogP contribution in [0.5, 0.6) is 0 Å². The van der Waals surface area contributed by atoms with Gasteiger partial charge in [0.05, 0.1) is 12.6 Å². The molecule has 0 saturated carbocycles. The third kappa shape index (κ3) is 3.93. The fraction of sp³-hybridized carbons (Fsp3) is 0.450. The Morgan fingerprint density at radius 3 is 2.43 bits per heavy atom. The number of hydrogen-bond acceptors (Lipinski definition) is 5. The van der Waals surface area contributed by atoms with Crippen molar-refractivity contribution < 1.29 is 5.11 Å². The number of aliphatic hydroxyl groups excluding tert-OH is 1. The average Bonchev–Trinajstić information content (AvgIpc) is 3.02. The van der Waals surface area contributed by atoms with Crippen LogP contribution in [-0.4, -0.2) is 42.5 Å². The maximum atomic E-state index is 12.8. The van der Waals surface area contributed by atoms with Crippen molar-refractivity contribution in [3.8, 4) is 0 Å². The fourth-order valence-corrected chi connectivity index (χ4v) is 3.25. The molecule has 2 aromatic heterocycles. The quantitative estimate of drug-likeness (QED) is 0.613. The van der Waals surface area contributed by atoms with Crippen LogP contribution in [-0.2, 0) is 27.1 Å². The third-order valence-electron chi connectivity index (χ3n) is 4.79. The molecular weight excluding hydrogens is 358 g/mol. The van der Waals surface area contributed by atoms with Gasteiger partial charge in [-0.15, -0.1) is 0 Å². The minimum atomic E-state index is -0.698. The minimum Gasteiger partial charge on any atom is -0.390 e. The second-order valence-electron chi connectivity index (χ2n) is 7.40. The normalized spacial score (nSPS) is 12.8. The summed E-state index contributed by atoms with van der Waals surface area (Å²) < 4.78 is 4.20. The highest BCUT2D eigenvalue weighted by Crippen LogP contribution is 2.16. The Morgan fingerprint density at radius 2 is 1.79 bits per heavy atom. The van der Waals surface area contributed by atoms with Crippen LogP contribution in [0.25, 0.3) is 11.2 Å². The molecule has 3 aromatic rings. The summed E-state index contributed by atoms with van der Waals surface area (Å²) in [6, 6.07) is 10.0. The maximum Gasteiger partial charge on any atom is 0.332 e. The Balaban J connectivity index is 2.12. The van der Waals surface area contributed by atoms with Crippen molar-refractivity contribution in [2.45, 2.75) is 39.0 Å². The molecular formula is C20H27N5O3. The van der Waals surface area contributed by atoms with Gasteiger partial charge in [0.1, 0.15) is 5.82 Å². The van der Waals surface area contributed by atoms with Crippen LogP contribution in [0.1, 0.15) is 25.2 Å². The van der Waals surface area contributed by atoms with E-state index in [9.17, 15) is 14.7 Å². The average molecular weight is 385 g/mol. The highest BCUT2D eigenvalue weighted by atomic mass is 16.3. The third-order valence-corrected chi connectivity index (χ3v) is 4.79. The van der Waals surface area contributed by atoms with Gasteiger partial charge in [0.2, 0.25) is 0 Å². The monoisotopic (exact) mass is 385 g/mol. The first-order chi connectivity index (χ1) is 13.3. The number of nitrogens with one attached hydrogen (secondary N) is 1. The van der Waals surface area contributed by atoms with Gasteiger partial charge in [0, 0.05) is 33.1 Å². The number of aliphatic hydroxyl groups is 1. The number of nitrogens with zero attached hydrogens (tertiary/aromatic N) is 4. The van der Waals surface area contributed by atoms with Gasteiger partial charge < -0.3 is 15.0 Å². The number of benzene rings is 1. The summed E-state index contributed by atoms with van der Waals surface area (Å²) in [5, 5.41) is 13.7. The maximum absolute atomic E-state index is 12.8. The lowest BCUT2D eigenvalue weighted by molar-refractivity contribution is 0.149. The highest BCUT2D eigenvalue weighted by Gasteiger charge is 2.21. The van der Waals surface area contributed by atoms with E-state index in [1.54, 1.807) is 11.6 Å². The summed E-state index contributed by atoms with van der Waals surface area (Å²) in [5.74, 6) is 0.642. The summed E-state index contributed by atoms with van der Waals surface area (Å²) >= 11 is 0. The summed E-state index contributed by atoms with van der Waals surface area (Å²) in [6.07, 6.45) is -0.201. The number of aryl methyl sites for hydroxylation is 1. The number of fused-ring (bicyclic) bond motifs is 1. The molecule has 3 rings (SSSR count). The van der Waals surface area contributed by atoms with Crippen LogP contribution >= 0.6 is 0 Å². The fourth-order valence-electron chi connectivity index (χ4n) is 3.25. The van der Waals surface area contributed by atoms with E-state index in [0.29, 0.717) is 30.0 Å². The smallest absolute Gasteiger partial charge is 0.332 e. The van der Waals surface area contributed by atoms with E-state index in [1.165, 1.54) is 11.6 Å². The molecule has 28 heavy (non-hydrogen) atoms. The minimum absolute atomic E-state index is 0.214. The molecule has 0 saturated heterocycles. The first-order valence-corrected chi connectivity index (χ1v) is 9.40. The molecule has 8 nitrogen and oxygen atoms in total. The molecule has 1 aromatic carbocycles. The van der Waals surface area contributed by atoms with Crippen molar-refractivity contribution in [2.75, 3.05) is 6.54 Å². The Morgan fingerprint density at radius 1 is 1.11 bits per heavy atom. The summed E-state index contributed by atoms with van der Waals surface area (Å²) in [7, 11) is 3.06. The predicted octanol–water partition coefficient (Wildman–Crippen LogP) is 0.383. The number of hydrogen-bond donors (Lipinski definition) is 2. The molecule has 0 spiro atoms. The van der Waals surface area contributed by atoms with Crippen molar-refractivity contribution in [2.24, 2.45) is 14.1 Å². The molecule has 2 heterocycles. The van der Waals surface area contributed by atoms with Gasteiger partial charge in [-0.05, 0) is 5.56 Å². The van der Waals surface area contributed by atoms with Gasteiger partial charge in [-0.3, -0.25) is 13.9 Å². The van der Waals surface area contributed by atoms with Gasteiger partial charge in [-0.2, -0.15) is 0 Å². The van der Waals surface area contributed by atoms with Crippen LogP contribution in [0.3, 0.4) is 0 Å². The molecule has 0 aliphatic rings. The molecule has 0 radical (unpaired) electrons. The van der Waals surface area contributed by atoms with Crippen molar-refractivity contribution in [3.63, 3.8) is 0 Å². The largest absolute Gasteiger partial charge is 0.390 e. The first-order valence-electron chi connectivity index (χ1n) is 9.40. The zero-order valence-electron chi connectivity index (χ0n) is 16.7. The van der Waals surface area contributed by atoms with Crippen molar-refractivity contribution >= 4 is 11.2 Å². The van der Waals surface area contributed by atoms with E-state index >= 15 is 0 Å². The van der Waals surface area contributed by atoms with Gasteiger partial charge in [-0.25, -0.2) is 9.78 Å². The van der Waals surface area contributed by atoms with E-state index in [-0.39, 0.29) is 12.6 Å². The molecule has 0 aliphatic heterocycles. The van der Waals surface area contributed by atoms with Crippen LogP contribution in [0, 0.1) is 0 Å². The topological polar surface area (TPSA) is 94.1 Å². The SMILES string of the molecule is CC(C)NC[C@@H](O)Cn1c(Cc2ccccc2)nc2c1c(=O)n(C)c(=O)n2C. The van der Waals surface area contributed by atoms with Crippen LogP contribution in [0.4, 0.5) is 0 Å². The second-order valence-corrected chi connectivity index (χ2v) is 7.40. The lowest BCUT2D eigenvalue weighted by Crippen LogP contribution is -2.38. The van der Waals surface area contributed by atoms with E-state index in [2.05, 4.69) is 10.3 Å². The molecule has 1 atom stereocenters. The molecule has 2 N–H and O–H groups in total. The molecule has 150 valence electrons. The number of imidazole rings is 1. The zero-order valence-corrected chi connectivity index (χ0v) is 16.7. The van der Waals surface area contributed by atoms with Crippen LogP contribution < -0.4 is 16.6 Å². The lowest BCUT2D eigenvalue weighted by atomic mass is 10.1. The van der Waals surface area contributed by atoms with E-state index in [4.69, 9.17) is 0 Å². The molecule has 0 unspecified atom stereocenters. The van der Waals surface area contributed by atoms with Gasteiger partial charge >= 0.3 is 5.69 Å².